The van der Waals surface area contributed by atoms with Gasteiger partial charge in [0.05, 0.1) is 0 Å². The molecule has 0 saturated heterocycles. The molecular weight excluding hydrogens is 304 g/mol. The third-order valence-corrected chi connectivity index (χ3v) is 1.48. The average molecular weight is 306 g/mol. The Morgan fingerprint density at radius 2 is 0.643 bits per heavy atom. The zero-order valence-corrected chi connectivity index (χ0v) is 8.96. The van der Waals surface area contributed by atoms with E-state index in [0.717, 1.165) is 0 Å². The van der Waals surface area contributed by atoms with Crippen LogP contribution in [0.25, 0.3) is 0 Å². The fourth-order valence-corrected chi connectivity index (χ4v) is 0. The van der Waals surface area contributed by atoms with E-state index in [1.54, 1.807) is 0 Å². The van der Waals surface area contributed by atoms with Gasteiger partial charge < -0.3 is 0 Å². The van der Waals surface area contributed by atoms with E-state index < -0.39 is 22.0 Å². The first-order valence-corrected chi connectivity index (χ1v) is 4.33. The summed E-state index contributed by atoms with van der Waals surface area (Å²) in [5.74, 6) is 0. The summed E-state index contributed by atoms with van der Waals surface area (Å²) in [6, 6.07) is 0. The van der Waals surface area contributed by atoms with Gasteiger partial charge in [-0.25, -0.2) is 0 Å². The highest BCUT2D eigenvalue weighted by atomic mass is 35.5. The van der Waals surface area contributed by atoms with E-state index in [2.05, 4.69) is 46.4 Å². The maximum absolute atomic E-state index is 10.9. The summed E-state index contributed by atoms with van der Waals surface area (Å²) in [7, 11) is 0. The molecule has 0 aliphatic carbocycles. The maximum Gasteiger partial charge on any atom is 0.418 e. The van der Waals surface area contributed by atoms with E-state index in [4.69, 9.17) is 0 Å². The van der Waals surface area contributed by atoms with Gasteiger partial charge in [-0.15, -0.1) is 0 Å². The van der Waals surface area contributed by atoms with E-state index in [1.807, 2.05) is 0 Å². The predicted molar refractivity (Wildman–Crippen MR) is 43.1 cm³/mol. The van der Waals surface area contributed by atoms with Gasteiger partial charge in [-0.3, -0.25) is 0 Å². The van der Waals surface area contributed by atoms with Crippen molar-refractivity contribution in [3.05, 3.63) is 0 Å². The molecular formula is C4H2Cl4F6. The van der Waals surface area contributed by atoms with Crippen LogP contribution in [0.3, 0.4) is 0 Å². The smallest absolute Gasteiger partial charge is 0.168 e. The highest BCUT2D eigenvalue weighted by Gasteiger charge is 2.36. The van der Waals surface area contributed by atoms with Gasteiger partial charge in [0, 0.05) is 0 Å². The highest BCUT2D eigenvalue weighted by Crippen LogP contribution is 2.27. The molecule has 0 amide bonds. The van der Waals surface area contributed by atoms with Gasteiger partial charge in [0.15, 0.2) is 0 Å². The van der Waals surface area contributed by atoms with Gasteiger partial charge in [-0.05, 0) is 0 Å². The normalized spacial score (nSPS) is 12.9. The molecule has 0 aromatic carbocycles. The fourth-order valence-electron chi connectivity index (χ4n) is 0. The minimum absolute atomic E-state index is 2.26. The molecule has 0 aromatic rings. The SMILES string of the molecule is FC(F)(F)C(Cl)Cl.FC(F)(F)C(Cl)Cl. The van der Waals surface area contributed by atoms with Gasteiger partial charge in [-0.2, -0.15) is 26.3 Å². The summed E-state index contributed by atoms with van der Waals surface area (Å²) in [6.45, 7) is 0. The van der Waals surface area contributed by atoms with Crippen LogP contribution >= 0.6 is 46.4 Å². The lowest BCUT2D eigenvalue weighted by Gasteiger charge is -2.03. The monoisotopic (exact) mass is 304 g/mol. The van der Waals surface area contributed by atoms with Gasteiger partial charge >= 0.3 is 12.4 Å². The second kappa shape index (κ2) is 6.35. The molecule has 0 N–H and O–H groups in total. The van der Waals surface area contributed by atoms with E-state index in [1.165, 1.54) is 0 Å². The molecule has 0 atom stereocenters. The standard InChI is InChI=1S/2C2HCl2F3/c2*3-1(4)2(5,6)7/h2*1H. The molecule has 0 aliphatic rings. The number of rotatable bonds is 0. The first-order valence-electron chi connectivity index (χ1n) is 2.58. The molecule has 0 fully saturated rings. The van der Waals surface area contributed by atoms with Gasteiger partial charge in [0.25, 0.3) is 0 Å². The Balaban J connectivity index is 0. The van der Waals surface area contributed by atoms with Crippen molar-refractivity contribution in [3.63, 3.8) is 0 Å². The minimum Gasteiger partial charge on any atom is -0.168 e. The van der Waals surface area contributed by atoms with Crippen molar-refractivity contribution in [1.29, 1.82) is 0 Å². The van der Waals surface area contributed by atoms with Crippen LogP contribution in [0.2, 0.25) is 0 Å². The van der Waals surface area contributed by atoms with Crippen LogP contribution in [-0.2, 0) is 0 Å². The van der Waals surface area contributed by atoms with Crippen molar-refractivity contribution in [2.75, 3.05) is 0 Å². The lowest BCUT2D eigenvalue weighted by molar-refractivity contribution is -0.116. The summed E-state index contributed by atoms with van der Waals surface area (Å²) in [6.07, 6.45) is -8.94. The fraction of sp³-hybridized carbons (Fsp3) is 1.00. The molecule has 0 radical (unpaired) electrons. The number of alkyl halides is 10. The molecule has 14 heavy (non-hydrogen) atoms. The minimum atomic E-state index is -4.47. The Hall–Kier alpha value is 0.740. The van der Waals surface area contributed by atoms with Gasteiger partial charge in [0.2, 0.25) is 9.67 Å². The summed E-state index contributed by atoms with van der Waals surface area (Å²) >= 11 is 17.6. The molecule has 10 heteroatoms. The highest BCUT2D eigenvalue weighted by molar-refractivity contribution is 6.45. The summed E-state index contributed by atoms with van der Waals surface area (Å²) < 4.78 is 65.5. The second-order valence-electron chi connectivity index (χ2n) is 1.68. The third-order valence-electron chi connectivity index (χ3n) is 0.495. The van der Waals surface area contributed by atoms with Crippen LogP contribution in [-0.4, -0.2) is 22.0 Å². The van der Waals surface area contributed by atoms with Gasteiger partial charge in [0.1, 0.15) is 0 Å². The van der Waals surface area contributed by atoms with Crippen LogP contribution in [0.4, 0.5) is 26.3 Å². The Bertz CT molecular complexity index is 131. The predicted octanol–water partition coefficient (Wildman–Crippen LogP) is 4.70. The number of halogens is 10. The molecule has 0 nitrogen and oxygen atoms in total. The van der Waals surface area contributed by atoms with E-state index in [-0.39, 0.29) is 0 Å². The van der Waals surface area contributed by atoms with Crippen LogP contribution < -0.4 is 0 Å². The van der Waals surface area contributed by atoms with Crippen LogP contribution in [0.15, 0.2) is 0 Å². The first kappa shape index (κ1) is 17.1. The number of hydrogen-bond donors (Lipinski definition) is 0. The molecule has 0 aliphatic heterocycles. The average Bonchev–Trinajstić information content (AvgIpc) is 1.83. The van der Waals surface area contributed by atoms with Crippen molar-refractivity contribution in [2.24, 2.45) is 0 Å². The molecule has 0 spiro atoms. The molecule has 0 saturated carbocycles. The molecule has 0 bridgehead atoms. The third kappa shape index (κ3) is 10.8. The Labute approximate surface area is 95.0 Å². The van der Waals surface area contributed by atoms with Crippen LogP contribution in [0.1, 0.15) is 0 Å². The maximum atomic E-state index is 10.9. The van der Waals surface area contributed by atoms with Crippen molar-refractivity contribution in [1.82, 2.24) is 0 Å². The first-order chi connectivity index (χ1) is 5.89. The van der Waals surface area contributed by atoms with Crippen LogP contribution in [0, 0.1) is 0 Å². The Kier molecular flexibility index (Phi) is 7.78. The topological polar surface area (TPSA) is 0 Å². The zero-order chi connectivity index (χ0) is 12.2. The largest absolute Gasteiger partial charge is 0.418 e. The Morgan fingerprint density at radius 1 is 0.571 bits per heavy atom. The van der Waals surface area contributed by atoms with E-state index in [9.17, 15) is 26.3 Å². The van der Waals surface area contributed by atoms with E-state index >= 15 is 0 Å². The van der Waals surface area contributed by atoms with Gasteiger partial charge in [-0.1, -0.05) is 46.4 Å². The lowest BCUT2D eigenvalue weighted by Crippen LogP contribution is -2.16. The lowest BCUT2D eigenvalue weighted by atomic mass is 10.8. The van der Waals surface area contributed by atoms with Crippen molar-refractivity contribution in [2.45, 2.75) is 22.0 Å². The molecule has 88 valence electrons. The number of hydrogen-bond acceptors (Lipinski definition) is 0. The molecule has 0 unspecified atom stereocenters. The zero-order valence-electron chi connectivity index (χ0n) is 5.93. The summed E-state index contributed by atoms with van der Waals surface area (Å²) in [4.78, 5) is -4.51. The summed E-state index contributed by atoms with van der Waals surface area (Å²) in [5, 5.41) is 0. The van der Waals surface area contributed by atoms with Crippen molar-refractivity contribution in [3.8, 4) is 0 Å². The molecule has 0 heterocycles. The molecule has 0 aromatic heterocycles. The van der Waals surface area contributed by atoms with E-state index in [0.29, 0.717) is 0 Å². The quantitative estimate of drug-likeness (QED) is 0.449. The second-order valence-corrected chi connectivity index (χ2v) is 3.88. The van der Waals surface area contributed by atoms with Crippen molar-refractivity contribution < 1.29 is 26.3 Å². The molecule has 0 rings (SSSR count). The van der Waals surface area contributed by atoms with Crippen LogP contribution in [0.5, 0.6) is 0 Å². The van der Waals surface area contributed by atoms with Crippen molar-refractivity contribution >= 4 is 46.4 Å². The Morgan fingerprint density at radius 3 is 0.643 bits per heavy atom. The summed E-state index contributed by atoms with van der Waals surface area (Å²) in [5.41, 5.74) is 0.